The highest BCUT2D eigenvalue weighted by Gasteiger charge is 2.14. The number of hydrogen-bond donors (Lipinski definition) is 0. The van der Waals surface area contributed by atoms with Crippen LogP contribution in [0.4, 0.5) is 0 Å². The Kier molecular flexibility index (Phi) is 3.94. The van der Waals surface area contributed by atoms with E-state index in [1.54, 1.807) is 0 Å². The molecular formula is C10H10BrClO. The van der Waals surface area contributed by atoms with Gasteiger partial charge in [-0.05, 0) is 6.92 Å². The standard InChI is InChI=1S/C10H10BrClO/c1-7-2-4-8(5-3-7)10(13)9(11)6-12/h2-5,9H,6H2,1H3. The molecule has 0 heterocycles. The van der Waals surface area contributed by atoms with Crippen LogP contribution in [-0.2, 0) is 0 Å². The monoisotopic (exact) mass is 260 g/mol. The average Bonchev–Trinajstić information content (AvgIpc) is 2.17. The van der Waals surface area contributed by atoms with Crippen LogP contribution in [0.1, 0.15) is 15.9 Å². The van der Waals surface area contributed by atoms with Gasteiger partial charge in [0.2, 0.25) is 0 Å². The number of carbonyl (C=O) groups excluding carboxylic acids is 1. The molecular weight excluding hydrogens is 251 g/mol. The van der Waals surface area contributed by atoms with Gasteiger partial charge in [-0.15, -0.1) is 11.6 Å². The number of carbonyl (C=O) groups is 1. The molecule has 0 aliphatic carbocycles. The van der Waals surface area contributed by atoms with E-state index < -0.39 is 0 Å². The number of rotatable bonds is 3. The molecule has 1 aromatic carbocycles. The molecule has 1 nitrogen and oxygen atoms in total. The van der Waals surface area contributed by atoms with Gasteiger partial charge in [0.05, 0.1) is 4.83 Å². The molecule has 70 valence electrons. The molecule has 0 bridgehead atoms. The van der Waals surface area contributed by atoms with Crippen molar-refractivity contribution in [3.05, 3.63) is 35.4 Å². The van der Waals surface area contributed by atoms with Crippen molar-refractivity contribution in [2.24, 2.45) is 0 Å². The quantitative estimate of drug-likeness (QED) is 0.603. The van der Waals surface area contributed by atoms with E-state index in [1.807, 2.05) is 31.2 Å². The largest absolute Gasteiger partial charge is 0.293 e. The SMILES string of the molecule is Cc1ccc(C(=O)C(Br)CCl)cc1. The van der Waals surface area contributed by atoms with Crippen molar-refractivity contribution < 1.29 is 4.79 Å². The fourth-order valence-corrected chi connectivity index (χ4v) is 1.37. The van der Waals surface area contributed by atoms with Crippen molar-refractivity contribution >= 4 is 33.3 Å². The molecule has 0 aromatic heterocycles. The molecule has 0 spiro atoms. The van der Waals surface area contributed by atoms with Gasteiger partial charge in [-0.25, -0.2) is 0 Å². The smallest absolute Gasteiger partial charge is 0.177 e. The second-order valence-electron chi connectivity index (χ2n) is 2.85. The Morgan fingerprint density at radius 2 is 2.00 bits per heavy atom. The summed E-state index contributed by atoms with van der Waals surface area (Å²) in [6.07, 6.45) is 0. The van der Waals surface area contributed by atoms with Gasteiger partial charge in [0.25, 0.3) is 0 Å². The van der Waals surface area contributed by atoms with Crippen molar-refractivity contribution in [1.29, 1.82) is 0 Å². The van der Waals surface area contributed by atoms with Gasteiger partial charge in [0.1, 0.15) is 0 Å². The minimum absolute atomic E-state index is 0.0370. The maximum Gasteiger partial charge on any atom is 0.177 e. The van der Waals surface area contributed by atoms with Crippen LogP contribution in [0, 0.1) is 6.92 Å². The summed E-state index contributed by atoms with van der Waals surface area (Å²) in [5.74, 6) is 0.335. The molecule has 0 saturated carbocycles. The average molecular weight is 262 g/mol. The van der Waals surface area contributed by atoms with Gasteiger partial charge in [-0.3, -0.25) is 4.79 Å². The Bertz CT molecular complexity index is 294. The highest BCUT2D eigenvalue weighted by Crippen LogP contribution is 2.12. The number of benzene rings is 1. The zero-order valence-corrected chi connectivity index (χ0v) is 9.60. The molecule has 0 amide bonds. The molecule has 1 atom stereocenters. The van der Waals surface area contributed by atoms with Crippen LogP contribution in [0.25, 0.3) is 0 Å². The second kappa shape index (κ2) is 4.77. The van der Waals surface area contributed by atoms with Crippen molar-refractivity contribution in [1.82, 2.24) is 0 Å². The van der Waals surface area contributed by atoms with E-state index >= 15 is 0 Å². The number of Topliss-reactive ketones (excluding diaryl/α,β-unsaturated/α-hetero) is 1. The van der Waals surface area contributed by atoms with Crippen LogP contribution < -0.4 is 0 Å². The van der Waals surface area contributed by atoms with E-state index in [-0.39, 0.29) is 10.6 Å². The first kappa shape index (κ1) is 10.7. The van der Waals surface area contributed by atoms with Gasteiger partial charge in [0.15, 0.2) is 5.78 Å². The molecule has 0 saturated heterocycles. The maximum atomic E-state index is 11.6. The Labute approximate surface area is 91.2 Å². The molecule has 1 rings (SSSR count). The lowest BCUT2D eigenvalue weighted by Gasteiger charge is -2.04. The van der Waals surface area contributed by atoms with E-state index in [9.17, 15) is 4.79 Å². The van der Waals surface area contributed by atoms with Gasteiger partial charge in [-0.1, -0.05) is 45.8 Å². The highest BCUT2D eigenvalue weighted by molar-refractivity contribution is 9.10. The molecule has 0 aliphatic rings. The topological polar surface area (TPSA) is 17.1 Å². The predicted molar refractivity (Wildman–Crippen MR) is 58.9 cm³/mol. The highest BCUT2D eigenvalue weighted by atomic mass is 79.9. The third-order valence-corrected chi connectivity index (χ3v) is 3.18. The number of aryl methyl sites for hydroxylation is 1. The minimum Gasteiger partial charge on any atom is -0.293 e. The summed E-state index contributed by atoms with van der Waals surface area (Å²) < 4.78 is 0. The number of alkyl halides is 2. The molecule has 0 radical (unpaired) electrons. The van der Waals surface area contributed by atoms with Gasteiger partial charge in [0, 0.05) is 11.4 Å². The molecule has 0 aliphatic heterocycles. The van der Waals surface area contributed by atoms with Crippen molar-refractivity contribution in [2.75, 3.05) is 5.88 Å². The summed E-state index contributed by atoms with van der Waals surface area (Å²) in [5.41, 5.74) is 1.85. The Hall–Kier alpha value is -0.340. The summed E-state index contributed by atoms with van der Waals surface area (Å²) in [4.78, 5) is 11.3. The first-order chi connectivity index (χ1) is 6.15. The number of ketones is 1. The van der Waals surface area contributed by atoms with E-state index in [0.717, 1.165) is 5.56 Å². The lowest BCUT2D eigenvalue weighted by atomic mass is 10.1. The summed E-state index contributed by atoms with van der Waals surface area (Å²) in [6, 6.07) is 7.47. The van der Waals surface area contributed by atoms with Crippen LogP contribution in [0.5, 0.6) is 0 Å². The number of hydrogen-bond acceptors (Lipinski definition) is 1. The second-order valence-corrected chi connectivity index (χ2v) is 4.27. The van der Waals surface area contributed by atoms with Crippen LogP contribution in [0.2, 0.25) is 0 Å². The van der Waals surface area contributed by atoms with Crippen LogP contribution in [-0.4, -0.2) is 16.5 Å². The molecule has 0 fully saturated rings. The summed E-state index contributed by atoms with van der Waals surface area (Å²) in [5, 5.41) is 0. The third kappa shape index (κ3) is 2.82. The first-order valence-corrected chi connectivity index (χ1v) is 5.41. The van der Waals surface area contributed by atoms with Gasteiger partial charge >= 0.3 is 0 Å². The van der Waals surface area contributed by atoms with E-state index in [2.05, 4.69) is 15.9 Å². The third-order valence-electron chi connectivity index (χ3n) is 1.76. The molecule has 0 N–H and O–H groups in total. The molecule has 1 aromatic rings. The van der Waals surface area contributed by atoms with Crippen molar-refractivity contribution in [3.63, 3.8) is 0 Å². The van der Waals surface area contributed by atoms with Crippen LogP contribution in [0.3, 0.4) is 0 Å². The summed E-state index contributed by atoms with van der Waals surface area (Å²) in [6.45, 7) is 1.99. The zero-order chi connectivity index (χ0) is 9.84. The van der Waals surface area contributed by atoms with E-state index in [4.69, 9.17) is 11.6 Å². The van der Waals surface area contributed by atoms with Crippen LogP contribution in [0.15, 0.2) is 24.3 Å². The number of halogens is 2. The predicted octanol–water partition coefficient (Wildman–Crippen LogP) is 3.18. The lowest BCUT2D eigenvalue weighted by molar-refractivity contribution is 0.0997. The van der Waals surface area contributed by atoms with Crippen molar-refractivity contribution in [3.8, 4) is 0 Å². The fourth-order valence-electron chi connectivity index (χ4n) is 0.969. The van der Waals surface area contributed by atoms with E-state index in [0.29, 0.717) is 11.4 Å². The van der Waals surface area contributed by atoms with E-state index in [1.165, 1.54) is 0 Å². The first-order valence-electron chi connectivity index (χ1n) is 3.96. The lowest BCUT2D eigenvalue weighted by Crippen LogP contribution is -2.15. The Morgan fingerprint density at radius 1 is 1.46 bits per heavy atom. The van der Waals surface area contributed by atoms with Gasteiger partial charge < -0.3 is 0 Å². The molecule has 3 heteroatoms. The normalized spacial score (nSPS) is 12.5. The van der Waals surface area contributed by atoms with Crippen LogP contribution >= 0.6 is 27.5 Å². The Morgan fingerprint density at radius 3 is 2.46 bits per heavy atom. The summed E-state index contributed by atoms with van der Waals surface area (Å²) in [7, 11) is 0. The minimum atomic E-state index is -0.281. The van der Waals surface area contributed by atoms with Crippen molar-refractivity contribution in [2.45, 2.75) is 11.8 Å². The summed E-state index contributed by atoms with van der Waals surface area (Å²) >= 11 is 8.78. The molecule has 1 unspecified atom stereocenters. The zero-order valence-electron chi connectivity index (χ0n) is 7.26. The fraction of sp³-hybridized carbons (Fsp3) is 0.300. The molecule has 13 heavy (non-hydrogen) atoms. The van der Waals surface area contributed by atoms with Gasteiger partial charge in [-0.2, -0.15) is 0 Å². The Balaban J connectivity index is 2.83. The maximum absolute atomic E-state index is 11.6.